The van der Waals surface area contributed by atoms with E-state index < -0.39 is 5.60 Å². The quantitative estimate of drug-likeness (QED) is 0.457. The van der Waals surface area contributed by atoms with E-state index in [0.29, 0.717) is 24.2 Å². The van der Waals surface area contributed by atoms with Crippen LogP contribution in [-0.4, -0.2) is 51.5 Å². The van der Waals surface area contributed by atoms with Crippen molar-refractivity contribution >= 4 is 30.1 Å². The first-order chi connectivity index (χ1) is 13.8. The molecule has 7 rings (SSSR count). The van der Waals surface area contributed by atoms with Crippen molar-refractivity contribution in [3.05, 3.63) is 23.5 Å². The Morgan fingerprint density at radius 1 is 1.34 bits per heavy atom. The molecular weight excluding hydrogens is 363 g/mol. The van der Waals surface area contributed by atoms with Crippen LogP contribution in [0, 0.1) is 23.7 Å². The second-order valence-corrected chi connectivity index (χ2v) is 10.6. The Labute approximate surface area is 171 Å². The Balaban J connectivity index is 1.60. The number of aliphatic hydroxyl groups excluding tert-OH is 1. The summed E-state index contributed by atoms with van der Waals surface area (Å²) in [4.78, 5) is 8.06. The number of aromatic amines is 1. The first-order valence-corrected chi connectivity index (χ1v) is 11.0. The fourth-order valence-corrected chi connectivity index (χ4v) is 7.34. The molecule has 6 unspecified atom stereocenters. The molecule has 0 saturated heterocycles. The van der Waals surface area contributed by atoms with Crippen LogP contribution in [0.25, 0.3) is 11.0 Å². The average Bonchev–Trinajstić information content (AvgIpc) is 3.17. The number of hydrazone groups is 1. The summed E-state index contributed by atoms with van der Waals surface area (Å²) in [6.45, 7) is 4.27. The second-order valence-electron chi connectivity index (χ2n) is 10.6. The van der Waals surface area contributed by atoms with Crippen molar-refractivity contribution in [1.29, 1.82) is 0 Å². The van der Waals surface area contributed by atoms with Gasteiger partial charge >= 0.3 is 0 Å². The van der Waals surface area contributed by atoms with E-state index in [1.165, 1.54) is 22.9 Å². The monoisotopic (exact) mass is 392 g/mol. The first kappa shape index (κ1) is 18.0. The van der Waals surface area contributed by atoms with Gasteiger partial charge in [-0.15, -0.1) is 0 Å². The van der Waals surface area contributed by atoms with Gasteiger partial charge < -0.3 is 20.6 Å². The molecule has 2 aromatic heterocycles. The Hall–Kier alpha value is -1.86. The maximum absolute atomic E-state index is 11.6. The standard InChI is InChI=1S/C22H29BN4O2/c1-21(2,3-4-28)27-26-19-15-11-5-10-6-22(29,7-11)18(15)14(10)12-8-24-20-16(12)17(19)13(23)9-25-20/h8-11,14-15,18,27-29H,3-7,23H2,1-2H3,(H,24,25)/b26-19-. The van der Waals surface area contributed by atoms with Crippen molar-refractivity contribution in [2.45, 2.75) is 56.6 Å². The predicted octanol–water partition coefficient (Wildman–Crippen LogP) is 0.780. The van der Waals surface area contributed by atoms with Crippen molar-refractivity contribution in [3.63, 3.8) is 0 Å². The molecule has 29 heavy (non-hydrogen) atoms. The summed E-state index contributed by atoms with van der Waals surface area (Å²) in [7, 11) is 2.12. The smallest absolute Gasteiger partial charge is 0.142 e. The molecule has 7 heteroatoms. The minimum Gasteiger partial charge on any atom is -0.396 e. The molecule has 0 radical (unpaired) electrons. The third-order valence-corrected chi connectivity index (χ3v) is 8.32. The highest BCUT2D eigenvalue weighted by Crippen LogP contribution is 2.70. The Morgan fingerprint density at radius 2 is 2.10 bits per heavy atom. The SMILES string of the molecule is Bc1cnc2[nH]cc3c2c1/C(=N\NC(C)(C)CCO)C1C2CC4CC(O)(C2)C1C34. The summed E-state index contributed by atoms with van der Waals surface area (Å²) in [6.07, 6.45) is 7.73. The minimum atomic E-state index is -0.558. The van der Waals surface area contributed by atoms with Gasteiger partial charge in [0, 0.05) is 41.8 Å². The molecule has 5 aliphatic rings. The lowest BCUT2D eigenvalue weighted by Crippen LogP contribution is -2.41. The molecule has 152 valence electrons. The Kier molecular flexibility index (Phi) is 3.49. The van der Waals surface area contributed by atoms with Crippen LogP contribution in [0.3, 0.4) is 0 Å². The number of nitrogens with one attached hydrogen (secondary N) is 2. The Morgan fingerprint density at radius 3 is 2.86 bits per heavy atom. The molecule has 4 N–H and O–H groups in total. The van der Waals surface area contributed by atoms with Gasteiger partial charge in [-0.2, -0.15) is 5.10 Å². The Bertz CT molecular complexity index is 1050. The number of hydrogen-bond acceptors (Lipinski definition) is 5. The number of hydrogen-bond donors (Lipinski definition) is 4. The summed E-state index contributed by atoms with van der Waals surface area (Å²) >= 11 is 0. The van der Waals surface area contributed by atoms with Crippen LogP contribution in [0.5, 0.6) is 0 Å². The lowest BCUT2D eigenvalue weighted by molar-refractivity contribution is 0.00811. The summed E-state index contributed by atoms with van der Waals surface area (Å²) in [5.41, 5.74) is 8.23. The zero-order valence-electron chi connectivity index (χ0n) is 17.4. The lowest BCUT2D eigenvalue weighted by atomic mass is 9.67. The highest BCUT2D eigenvalue weighted by molar-refractivity contribution is 6.39. The van der Waals surface area contributed by atoms with Crippen molar-refractivity contribution in [2.75, 3.05) is 6.61 Å². The summed E-state index contributed by atoms with van der Waals surface area (Å²) in [5, 5.41) is 27.3. The maximum Gasteiger partial charge on any atom is 0.142 e. The molecule has 0 amide bonds. The second kappa shape index (κ2) is 5.64. The highest BCUT2D eigenvalue weighted by atomic mass is 16.3. The first-order valence-electron chi connectivity index (χ1n) is 11.0. The number of rotatable bonds is 4. The van der Waals surface area contributed by atoms with Crippen LogP contribution in [0.1, 0.15) is 56.6 Å². The third kappa shape index (κ3) is 2.26. The minimum absolute atomic E-state index is 0.128. The van der Waals surface area contributed by atoms with Crippen molar-refractivity contribution in [3.8, 4) is 0 Å². The van der Waals surface area contributed by atoms with Gasteiger partial charge in [0.25, 0.3) is 0 Å². The van der Waals surface area contributed by atoms with E-state index in [0.717, 1.165) is 29.7 Å². The van der Waals surface area contributed by atoms with Crippen LogP contribution in [0.4, 0.5) is 0 Å². The molecule has 6 nitrogen and oxygen atoms in total. The van der Waals surface area contributed by atoms with E-state index >= 15 is 0 Å². The van der Waals surface area contributed by atoms with Crippen LogP contribution in [0.15, 0.2) is 17.5 Å². The molecule has 6 bridgehead atoms. The van der Waals surface area contributed by atoms with Crippen LogP contribution in [0.2, 0.25) is 0 Å². The zero-order valence-corrected chi connectivity index (χ0v) is 17.4. The van der Waals surface area contributed by atoms with E-state index in [9.17, 15) is 10.2 Å². The third-order valence-electron chi connectivity index (χ3n) is 8.32. The van der Waals surface area contributed by atoms with E-state index in [4.69, 9.17) is 5.10 Å². The van der Waals surface area contributed by atoms with E-state index in [1.807, 2.05) is 6.20 Å². The highest BCUT2D eigenvalue weighted by Gasteiger charge is 2.68. The molecule has 0 aromatic carbocycles. The van der Waals surface area contributed by atoms with Gasteiger partial charge in [-0.25, -0.2) is 4.98 Å². The van der Waals surface area contributed by atoms with Crippen LogP contribution < -0.4 is 10.9 Å². The van der Waals surface area contributed by atoms with Crippen LogP contribution >= 0.6 is 0 Å². The molecule has 4 saturated carbocycles. The van der Waals surface area contributed by atoms with E-state index in [-0.39, 0.29) is 24.0 Å². The molecular formula is C22H29BN4O2. The van der Waals surface area contributed by atoms with E-state index in [1.54, 1.807) is 0 Å². The molecule has 2 aromatic rings. The lowest BCUT2D eigenvalue weighted by Gasteiger charge is -2.37. The van der Waals surface area contributed by atoms with Gasteiger partial charge in [0.2, 0.25) is 0 Å². The fourth-order valence-electron chi connectivity index (χ4n) is 7.34. The van der Waals surface area contributed by atoms with E-state index in [2.05, 4.69) is 43.3 Å². The largest absolute Gasteiger partial charge is 0.396 e. The number of aliphatic hydroxyl groups is 2. The summed E-state index contributed by atoms with van der Waals surface area (Å²) < 4.78 is 0. The molecule has 4 fully saturated rings. The number of pyridine rings is 1. The zero-order chi connectivity index (χ0) is 20.1. The van der Waals surface area contributed by atoms with Gasteiger partial charge in [0.1, 0.15) is 13.5 Å². The van der Waals surface area contributed by atoms with Crippen molar-refractivity contribution in [2.24, 2.45) is 28.8 Å². The van der Waals surface area contributed by atoms with Gasteiger partial charge in [0.05, 0.1) is 16.9 Å². The maximum atomic E-state index is 11.6. The van der Waals surface area contributed by atoms with Crippen molar-refractivity contribution in [1.82, 2.24) is 15.4 Å². The molecule has 2 heterocycles. The normalized spacial score (nSPS) is 38.2. The molecule has 0 spiro atoms. The summed E-state index contributed by atoms with van der Waals surface area (Å²) in [5.74, 6) is 1.96. The summed E-state index contributed by atoms with van der Waals surface area (Å²) in [6, 6.07) is 0. The van der Waals surface area contributed by atoms with Gasteiger partial charge in [0.15, 0.2) is 0 Å². The average molecular weight is 392 g/mol. The predicted molar refractivity (Wildman–Crippen MR) is 115 cm³/mol. The van der Waals surface area contributed by atoms with Gasteiger partial charge in [-0.3, -0.25) is 0 Å². The molecule has 6 atom stereocenters. The number of nitrogens with zero attached hydrogens (tertiary/aromatic N) is 2. The number of H-pyrrole nitrogens is 1. The molecule has 5 aliphatic carbocycles. The van der Waals surface area contributed by atoms with Gasteiger partial charge in [-0.1, -0.05) is 5.46 Å². The van der Waals surface area contributed by atoms with Crippen LogP contribution in [-0.2, 0) is 0 Å². The number of aromatic nitrogens is 2. The van der Waals surface area contributed by atoms with Crippen molar-refractivity contribution < 1.29 is 10.2 Å². The fraction of sp³-hybridized carbons (Fsp3) is 0.636. The molecule has 0 aliphatic heterocycles. The van der Waals surface area contributed by atoms with Gasteiger partial charge in [-0.05, 0) is 62.8 Å². The topological polar surface area (TPSA) is 93.5 Å².